The molecule has 0 bridgehead atoms. The van der Waals surface area contributed by atoms with Crippen LogP contribution in [0.15, 0.2) is 115 Å². The van der Waals surface area contributed by atoms with Gasteiger partial charge in [-0.25, -0.2) is 19.7 Å². The normalized spacial score (nSPS) is 23.2. The minimum absolute atomic E-state index is 0.153. The fourth-order valence-electron chi connectivity index (χ4n) is 8.74. The van der Waals surface area contributed by atoms with Crippen molar-refractivity contribution in [3.8, 4) is 0 Å². The highest BCUT2D eigenvalue weighted by Crippen LogP contribution is 2.46. The van der Waals surface area contributed by atoms with E-state index in [2.05, 4.69) is 133 Å². The number of hydrogen-bond donors (Lipinski definition) is 1. The second kappa shape index (κ2) is 20.4. The lowest BCUT2D eigenvalue weighted by Gasteiger charge is -2.50. The summed E-state index contributed by atoms with van der Waals surface area (Å²) in [6.07, 6.45) is -3.04. The van der Waals surface area contributed by atoms with Crippen molar-refractivity contribution in [2.45, 2.75) is 146 Å². The fraction of sp³-hybridized carbons (Fsp3) is 0.472. The minimum atomic E-state index is -3.47. The molecule has 71 heavy (non-hydrogen) atoms. The van der Waals surface area contributed by atoms with Gasteiger partial charge in [0.25, 0.3) is 14.2 Å². The first-order chi connectivity index (χ1) is 33.3. The number of esters is 1. The summed E-state index contributed by atoms with van der Waals surface area (Å²) in [4.78, 5) is 57.0. The summed E-state index contributed by atoms with van der Waals surface area (Å²) in [5, 5.41) is 3.64. The summed E-state index contributed by atoms with van der Waals surface area (Å²) in [5.74, 6) is -1.55. The standard InChI is InChI=1S/C53H71N5O10Si3/c1-51(2,3)69(12,13)66-41-38(65-49(44(41)62-10)58-33-56-39-46(54-32-55-47(39)58)57-48(60)34-25-19-16-20-26-34)31-37-40(59)42(67-70(14,15)52(4,5)6)43(45(64-37)50(61)63-11)68-71(53(7,8)9,35-27-21-17-22-28-35)36-29-23-18-24-30-36/h16-33,38,41-45,49H,1-15H3,(H,54,55,57,60)/b37-31+/t38-,41+,42-,43+,44-,45+,49-/m1/s1. The van der Waals surface area contributed by atoms with E-state index >= 15 is 4.79 Å². The zero-order valence-electron chi connectivity index (χ0n) is 43.8. The van der Waals surface area contributed by atoms with Crippen molar-refractivity contribution in [1.29, 1.82) is 0 Å². The van der Waals surface area contributed by atoms with E-state index in [1.165, 1.54) is 13.4 Å². The van der Waals surface area contributed by atoms with Crippen LogP contribution >= 0.6 is 0 Å². The Morgan fingerprint density at radius 1 is 0.690 bits per heavy atom. The predicted molar refractivity (Wildman–Crippen MR) is 281 cm³/mol. The van der Waals surface area contributed by atoms with Gasteiger partial charge in [0, 0.05) is 12.7 Å². The first kappa shape index (κ1) is 53.6. The highest BCUT2D eigenvalue weighted by molar-refractivity contribution is 6.99. The molecule has 1 amide bonds. The molecule has 2 fully saturated rings. The van der Waals surface area contributed by atoms with E-state index in [4.69, 9.17) is 32.2 Å². The molecular formula is C53H71N5O10Si3. The van der Waals surface area contributed by atoms with Gasteiger partial charge in [0.2, 0.25) is 11.9 Å². The molecule has 380 valence electrons. The van der Waals surface area contributed by atoms with E-state index in [0.29, 0.717) is 16.7 Å². The molecular weight excluding hydrogens is 951 g/mol. The van der Waals surface area contributed by atoms with Crippen LogP contribution in [0.1, 0.15) is 78.9 Å². The highest BCUT2D eigenvalue weighted by Gasteiger charge is 2.60. The number of fused-ring (bicyclic) bond motifs is 1. The monoisotopic (exact) mass is 1020 g/mol. The Bertz CT molecular complexity index is 2680. The molecule has 5 aromatic rings. The zero-order valence-corrected chi connectivity index (χ0v) is 46.8. The van der Waals surface area contributed by atoms with Gasteiger partial charge in [-0.3, -0.25) is 14.2 Å². The van der Waals surface area contributed by atoms with Crippen LogP contribution in [0.25, 0.3) is 11.2 Å². The lowest BCUT2D eigenvalue weighted by atomic mass is 9.97. The van der Waals surface area contributed by atoms with Gasteiger partial charge in [0.05, 0.1) is 13.4 Å². The maximum Gasteiger partial charge on any atom is 0.349 e. The smallest absolute Gasteiger partial charge is 0.349 e. The van der Waals surface area contributed by atoms with Gasteiger partial charge in [-0.05, 0) is 69.9 Å². The fourth-order valence-corrected chi connectivity index (χ4v) is 15.9. The molecule has 2 saturated heterocycles. The number of benzene rings is 3. The molecule has 2 aliphatic rings. The van der Waals surface area contributed by atoms with Gasteiger partial charge in [0.15, 0.2) is 45.6 Å². The Morgan fingerprint density at radius 2 is 1.24 bits per heavy atom. The maximum absolute atomic E-state index is 15.7. The summed E-state index contributed by atoms with van der Waals surface area (Å²) in [6, 6.07) is 28.8. The Balaban J connectivity index is 1.37. The maximum atomic E-state index is 15.7. The van der Waals surface area contributed by atoms with Gasteiger partial charge in [-0.15, -0.1) is 0 Å². The van der Waals surface area contributed by atoms with E-state index in [1.54, 1.807) is 48.3 Å². The third-order valence-corrected chi connectivity index (χ3v) is 28.7. The summed E-state index contributed by atoms with van der Waals surface area (Å²) >= 11 is 0. The van der Waals surface area contributed by atoms with Crippen molar-refractivity contribution >= 4 is 70.0 Å². The second-order valence-electron chi connectivity index (χ2n) is 22.4. The van der Waals surface area contributed by atoms with Crippen LogP contribution in [0.4, 0.5) is 5.82 Å². The van der Waals surface area contributed by atoms with Crippen LogP contribution in [-0.2, 0) is 41.8 Å². The number of nitrogens with one attached hydrogen (secondary N) is 1. The van der Waals surface area contributed by atoms with Crippen molar-refractivity contribution in [3.63, 3.8) is 0 Å². The molecule has 7 atom stereocenters. The third kappa shape index (κ3) is 10.5. The molecule has 3 aromatic carbocycles. The lowest BCUT2D eigenvalue weighted by Crippen LogP contribution is -2.71. The number of aromatic nitrogens is 4. The molecule has 0 unspecified atom stereocenters. The molecule has 4 heterocycles. The molecule has 0 saturated carbocycles. The Kier molecular flexibility index (Phi) is 15.4. The SMILES string of the molecule is COC(=O)[C@H]1O/C(=C/[C@H]2O[C@@H](n3cnc4c(NC(=O)c5ccccc5)ncnc43)[C@H](OC)[C@H]2O[Si](C)(C)C(C)(C)C)C(=O)[C@@H](O[Si](C)(C)C(C)(C)C)[C@@H]1O[Si](c1ccccc1)(c1ccccc1)C(C)(C)C. The molecule has 7 rings (SSSR count). The highest BCUT2D eigenvalue weighted by atomic mass is 28.4. The number of imidazole rings is 1. The second-order valence-corrected chi connectivity index (χ2v) is 36.2. The Morgan fingerprint density at radius 3 is 1.76 bits per heavy atom. The number of hydrogen-bond acceptors (Lipinski definition) is 13. The summed E-state index contributed by atoms with van der Waals surface area (Å²) in [7, 11) is -6.07. The molecule has 1 N–H and O–H groups in total. The van der Waals surface area contributed by atoms with Gasteiger partial charge in [-0.1, -0.05) is 141 Å². The van der Waals surface area contributed by atoms with E-state index in [9.17, 15) is 9.59 Å². The number of anilines is 1. The Hall–Kier alpha value is -5.19. The van der Waals surface area contributed by atoms with E-state index in [0.717, 1.165) is 10.4 Å². The van der Waals surface area contributed by atoms with Crippen LogP contribution in [0.2, 0.25) is 41.3 Å². The summed E-state index contributed by atoms with van der Waals surface area (Å²) < 4.78 is 49.3. The average Bonchev–Trinajstić information content (AvgIpc) is 3.90. The molecule has 0 spiro atoms. The Labute approximate surface area is 421 Å². The summed E-state index contributed by atoms with van der Waals surface area (Å²) in [6.45, 7) is 27.5. The zero-order chi connectivity index (χ0) is 51.9. The van der Waals surface area contributed by atoms with Crippen molar-refractivity contribution in [1.82, 2.24) is 19.5 Å². The van der Waals surface area contributed by atoms with Crippen LogP contribution < -0.4 is 15.7 Å². The third-order valence-electron chi connectivity index (χ3n) is 14.7. The molecule has 0 aliphatic carbocycles. The molecule has 0 radical (unpaired) electrons. The quantitative estimate of drug-likeness (QED) is 0.0637. The minimum Gasteiger partial charge on any atom is -0.472 e. The van der Waals surface area contributed by atoms with Crippen molar-refractivity contribution in [2.75, 3.05) is 19.5 Å². The van der Waals surface area contributed by atoms with Gasteiger partial charge < -0.3 is 37.5 Å². The number of ketones is 1. The number of methoxy groups -OCH3 is 2. The summed E-state index contributed by atoms with van der Waals surface area (Å²) in [5.41, 5.74) is 1.13. The predicted octanol–water partition coefficient (Wildman–Crippen LogP) is 8.74. The van der Waals surface area contributed by atoms with Crippen molar-refractivity contribution in [2.24, 2.45) is 0 Å². The number of amides is 1. The molecule has 18 heteroatoms. The van der Waals surface area contributed by atoms with Crippen LogP contribution in [0.3, 0.4) is 0 Å². The first-order valence-corrected chi connectivity index (χ1v) is 31.9. The van der Waals surface area contributed by atoms with Crippen molar-refractivity contribution < 1.29 is 46.6 Å². The number of rotatable bonds is 14. The van der Waals surface area contributed by atoms with Gasteiger partial charge in [-0.2, -0.15) is 0 Å². The average molecular weight is 1020 g/mol. The van der Waals surface area contributed by atoms with Crippen LogP contribution in [-0.4, -0.2) is 113 Å². The number of carbonyl (C=O) groups excluding carboxylic acids is 3. The largest absolute Gasteiger partial charge is 0.472 e. The van der Waals surface area contributed by atoms with Gasteiger partial charge >= 0.3 is 5.97 Å². The number of Topliss-reactive ketones (excluding diaryl/α,β-unsaturated/α-hetero) is 1. The van der Waals surface area contributed by atoms with E-state index in [-0.39, 0.29) is 27.6 Å². The molecule has 15 nitrogen and oxygen atoms in total. The number of carbonyl (C=O) groups is 3. The van der Waals surface area contributed by atoms with E-state index < -0.39 is 84.6 Å². The van der Waals surface area contributed by atoms with Crippen LogP contribution in [0.5, 0.6) is 0 Å². The van der Waals surface area contributed by atoms with Crippen LogP contribution in [0, 0.1) is 0 Å². The number of ether oxygens (including phenoxy) is 4. The number of nitrogens with zero attached hydrogens (tertiary/aromatic N) is 4. The topological polar surface area (TPSA) is 171 Å². The molecule has 2 aromatic heterocycles. The first-order valence-electron chi connectivity index (χ1n) is 24.1. The van der Waals surface area contributed by atoms with E-state index in [1.807, 2.05) is 42.5 Å². The molecule has 2 aliphatic heterocycles. The lowest BCUT2D eigenvalue weighted by molar-refractivity contribution is -0.172. The van der Waals surface area contributed by atoms with Crippen molar-refractivity contribution in [3.05, 3.63) is 121 Å². The van der Waals surface area contributed by atoms with Gasteiger partial charge in [0.1, 0.15) is 36.8 Å².